The predicted octanol–water partition coefficient (Wildman–Crippen LogP) is 5.18. The number of fused-ring (bicyclic) bond motifs is 4. The molecule has 5 heteroatoms. The first kappa shape index (κ1) is 20.9. The molecule has 0 saturated heterocycles. The van der Waals surface area contributed by atoms with E-state index in [-0.39, 0.29) is 5.54 Å². The molecular formula is C28H35N5. The van der Waals surface area contributed by atoms with Gasteiger partial charge in [-0.25, -0.2) is 0 Å². The Balaban J connectivity index is 1.25. The lowest BCUT2D eigenvalue weighted by Crippen LogP contribution is -2.53. The maximum atomic E-state index is 6.56. The van der Waals surface area contributed by atoms with Crippen LogP contribution in [0.2, 0.25) is 0 Å². The summed E-state index contributed by atoms with van der Waals surface area (Å²) in [7, 11) is 0. The van der Waals surface area contributed by atoms with Crippen LogP contribution in [0.5, 0.6) is 0 Å². The van der Waals surface area contributed by atoms with E-state index in [4.69, 9.17) is 15.8 Å². The monoisotopic (exact) mass is 441 g/mol. The second kappa shape index (κ2) is 7.69. The maximum Gasteiger partial charge on any atom is 0.0725 e. The van der Waals surface area contributed by atoms with Gasteiger partial charge in [0, 0.05) is 59.8 Å². The molecule has 4 aliphatic rings. The molecule has 0 spiro atoms. The van der Waals surface area contributed by atoms with Crippen molar-refractivity contribution < 1.29 is 0 Å². The molecule has 3 saturated carbocycles. The Morgan fingerprint density at radius 3 is 2.42 bits per heavy atom. The van der Waals surface area contributed by atoms with Crippen LogP contribution in [0.4, 0.5) is 5.69 Å². The summed E-state index contributed by atoms with van der Waals surface area (Å²) in [5.41, 5.74) is 15.7. The molecule has 0 radical (unpaired) electrons. The average molecular weight is 442 g/mol. The van der Waals surface area contributed by atoms with Crippen LogP contribution in [0.3, 0.4) is 0 Å². The van der Waals surface area contributed by atoms with Gasteiger partial charge in [-0.2, -0.15) is 5.10 Å². The van der Waals surface area contributed by atoms with Crippen LogP contribution in [0.15, 0.2) is 42.5 Å². The van der Waals surface area contributed by atoms with Crippen molar-refractivity contribution in [1.82, 2.24) is 14.8 Å². The Hall–Kier alpha value is -2.66. The van der Waals surface area contributed by atoms with Crippen molar-refractivity contribution in [2.24, 2.45) is 11.1 Å². The van der Waals surface area contributed by atoms with E-state index >= 15 is 0 Å². The number of rotatable bonds is 4. The van der Waals surface area contributed by atoms with Crippen LogP contribution in [0, 0.1) is 19.3 Å². The topological polar surface area (TPSA) is 60.0 Å². The first-order valence-electron chi connectivity index (χ1n) is 12.6. The molecule has 1 aliphatic heterocycles. The fraction of sp³-hybridized carbons (Fsp3) is 0.500. The van der Waals surface area contributed by atoms with Crippen molar-refractivity contribution in [2.45, 2.75) is 77.4 Å². The molecule has 33 heavy (non-hydrogen) atoms. The fourth-order valence-corrected chi connectivity index (χ4v) is 6.45. The van der Waals surface area contributed by atoms with Crippen LogP contribution in [0.25, 0.3) is 11.3 Å². The second-order valence-corrected chi connectivity index (χ2v) is 10.9. The minimum Gasteiger partial charge on any atom is -0.367 e. The lowest BCUT2D eigenvalue weighted by Gasteiger charge is -2.52. The van der Waals surface area contributed by atoms with Crippen molar-refractivity contribution >= 4 is 5.69 Å². The summed E-state index contributed by atoms with van der Waals surface area (Å²) >= 11 is 0. The molecule has 3 heterocycles. The summed E-state index contributed by atoms with van der Waals surface area (Å²) < 4.78 is 2.38. The van der Waals surface area contributed by atoms with Crippen molar-refractivity contribution in [2.75, 3.05) is 11.4 Å². The summed E-state index contributed by atoms with van der Waals surface area (Å²) in [5.74, 6) is 0. The molecular weight excluding hydrogens is 406 g/mol. The van der Waals surface area contributed by atoms with Crippen LogP contribution in [0.1, 0.15) is 61.2 Å². The number of aromatic nitrogens is 3. The van der Waals surface area contributed by atoms with Gasteiger partial charge in [-0.3, -0.25) is 9.67 Å². The molecule has 2 N–H and O–H groups in total. The number of hydrogen-bond acceptors (Lipinski definition) is 4. The van der Waals surface area contributed by atoms with Gasteiger partial charge in [0.2, 0.25) is 0 Å². The number of nitrogens with zero attached hydrogens (tertiary/aromatic N) is 4. The molecule has 0 amide bonds. The maximum absolute atomic E-state index is 6.56. The quantitative estimate of drug-likeness (QED) is 0.606. The van der Waals surface area contributed by atoms with Gasteiger partial charge in [0.1, 0.15) is 0 Å². The first-order valence-corrected chi connectivity index (χ1v) is 12.6. The van der Waals surface area contributed by atoms with Crippen molar-refractivity contribution in [1.29, 1.82) is 0 Å². The van der Waals surface area contributed by atoms with Crippen LogP contribution in [-0.4, -0.2) is 26.8 Å². The van der Waals surface area contributed by atoms with E-state index < -0.39 is 0 Å². The van der Waals surface area contributed by atoms with E-state index in [0.717, 1.165) is 37.4 Å². The Kier molecular flexibility index (Phi) is 4.88. The fourth-order valence-electron chi connectivity index (χ4n) is 6.45. The largest absolute Gasteiger partial charge is 0.367 e. The minimum absolute atomic E-state index is 0.128. The third kappa shape index (κ3) is 3.76. The molecule has 2 bridgehead atoms. The van der Waals surface area contributed by atoms with Gasteiger partial charge >= 0.3 is 0 Å². The normalized spacial score (nSPS) is 26.5. The van der Waals surface area contributed by atoms with E-state index in [0.29, 0.717) is 5.41 Å². The Bertz CT molecular complexity index is 1150. The Morgan fingerprint density at radius 1 is 0.970 bits per heavy atom. The summed E-state index contributed by atoms with van der Waals surface area (Å²) in [5, 5.41) is 5.07. The predicted molar refractivity (Wildman–Crippen MR) is 133 cm³/mol. The number of hydrogen-bond donors (Lipinski definition) is 1. The van der Waals surface area contributed by atoms with Crippen molar-refractivity contribution in [3.05, 3.63) is 65.1 Å². The third-order valence-electron chi connectivity index (χ3n) is 8.65. The molecule has 0 unspecified atom stereocenters. The van der Waals surface area contributed by atoms with E-state index in [2.05, 4.69) is 65.9 Å². The van der Waals surface area contributed by atoms with E-state index in [9.17, 15) is 0 Å². The number of nitrogens with two attached hydrogens (primary N) is 1. The van der Waals surface area contributed by atoms with Gasteiger partial charge in [-0.1, -0.05) is 30.3 Å². The van der Waals surface area contributed by atoms with Gasteiger partial charge in [0.05, 0.1) is 11.4 Å². The van der Waals surface area contributed by atoms with Gasteiger partial charge < -0.3 is 10.6 Å². The molecule has 7 rings (SSSR count). The number of benzene rings is 1. The Labute approximate surface area is 197 Å². The lowest BCUT2D eigenvalue weighted by atomic mass is 9.57. The molecule has 1 aromatic carbocycles. The molecule has 2 aromatic heterocycles. The molecule has 0 atom stereocenters. The highest BCUT2D eigenvalue weighted by Crippen LogP contribution is 2.52. The summed E-state index contributed by atoms with van der Waals surface area (Å²) in [6.07, 6.45) is 8.41. The zero-order chi connectivity index (χ0) is 22.6. The molecule has 3 aromatic rings. The van der Waals surface area contributed by atoms with E-state index in [1.807, 2.05) is 0 Å². The van der Waals surface area contributed by atoms with E-state index in [1.54, 1.807) is 0 Å². The van der Waals surface area contributed by atoms with Gasteiger partial charge in [-0.05, 0) is 69.9 Å². The zero-order valence-corrected chi connectivity index (χ0v) is 20.0. The van der Waals surface area contributed by atoms with Crippen LogP contribution >= 0.6 is 0 Å². The lowest BCUT2D eigenvalue weighted by molar-refractivity contribution is 0.0263. The second-order valence-electron chi connectivity index (χ2n) is 10.9. The first-order chi connectivity index (χ1) is 15.9. The number of pyridine rings is 1. The highest BCUT2D eigenvalue weighted by molar-refractivity contribution is 5.65. The van der Waals surface area contributed by atoms with Gasteiger partial charge in [-0.15, -0.1) is 0 Å². The Morgan fingerprint density at radius 2 is 1.70 bits per heavy atom. The summed E-state index contributed by atoms with van der Waals surface area (Å²) in [6, 6.07) is 15.0. The highest BCUT2D eigenvalue weighted by Gasteiger charge is 2.47. The molecule has 3 aliphatic carbocycles. The van der Waals surface area contributed by atoms with Gasteiger partial charge in [0.15, 0.2) is 0 Å². The van der Waals surface area contributed by atoms with Gasteiger partial charge in [0.25, 0.3) is 0 Å². The summed E-state index contributed by atoms with van der Waals surface area (Å²) in [4.78, 5) is 7.31. The molecule has 172 valence electrons. The average Bonchev–Trinajstić information content (AvgIpc) is 3.14. The van der Waals surface area contributed by atoms with Crippen molar-refractivity contribution in [3.63, 3.8) is 0 Å². The number of aryl methyl sites for hydroxylation is 2. The standard InChI is InChI=1S/C28H35N5/c1-20-16-23(17-25(30-20)22-6-4-3-5-7-22)32-15-8-26-24(18-32)21(2)31-33(26)19-27-9-12-28(29,13-10-27)14-11-27/h3-7,16-17H,8-15,18-19,29H2,1-2H3. The smallest absolute Gasteiger partial charge is 0.0725 e. The summed E-state index contributed by atoms with van der Waals surface area (Å²) in [6.45, 7) is 7.31. The van der Waals surface area contributed by atoms with Crippen molar-refractivity contribution in [3.8, 4) is 11.3 Å². The minimum atomic E-state index is 0.128. The third-order valence-corrected chi connectivity index (χ3v) is 8.65. The van der Waals surface area contributed by atoms with Crippen LogP contribution < -0.4 is 10.6 Å². The zero-order valence-electron chi connectivity index (χ0n) is 20.0. The van der Waals surface area contributed by atoms with E-state index in [1.165, 1.54) is 66.7 Å². The number of anilines is 1. The molecule has 5 nitrogen and oxygen atoms in total. The molecule has 3 fully saturated rings. The highest BCUT2D eigenvalue weighted by atomic mass is 15.3. The van der Waals surface area contributed by atoms with Crippen LogP contribution in [-0.2, 0) is 19.5 Å². The SMILES string of the molecule is Cc1cc(N2CCc3c(c(C)nn3CC34CCC(N)(CC3)CC4)C2)cc(-c2ccccc2)n1.